The van der Waals surface area contributed by atoms with Crippen LogP contribution in [0.2, 0.25) is 0 Å². The van der Waals surface area contributed by atoms with E-state index in [2.05, 4.69) is 10.5 Å². The molecule has 144 valence electrons. The van der Waals surface area contributed by atoms with Crippen LogP contribution in [0.3, 0.4) is 0 Å². The molecule has 0 spiro atoms. The van der Waals surface area contributed by atoms with E-state index in [0.29, 0.717) is 17.7 Å². The second-order valence-corrected chi connectivity index (χ2v) is 7.07. The maximum atomic E-state index is 13.1. The lowest BCUT2D eigenvalue weighted by Gasteiger charge is -2.39. The summed E-state index contributed by atoms with van der Waals surface area (Å²) in [4.78, 5) is 26.8. The van der Waals surface area contributed by atoms with Crippen molar-refractivity contribution in [2.75, 3.05) is 13.2 Å². The number of amides is 2. The second kappa shape index (κ2) is 7.87. The van der Waals surface area contributed by atoms with Crippen LogP contribution in [-0.4, -0.2) is 52.2 Å². The molecular weight excluding hydrogens is 353 g/mol. The average molecular weight is 375 g/mol. The Bertz CT molecular complexity index is 819. The van der Waals surface area contributed by atoms with E-state index < -0.39 is 18.0 Å². The molecule has 1 saturated heterocycles. The third-order valence-electron chi connectivity index (χ3n) is 4.48. The fourth-order valence-electron chi connectivity index (χ4n) is 3.13. The van der Waals surface area contributed by atoms with Crippen LogP contribution < -0.4 is 5.32 Å². The van der Waals surface area contributed by atoms with Crippen LogP contribution >= 0.6 is 0 Å². The van der Waals surface area contributed by atoms with Crippen molar-refractivity contribution in [1.82, 2.24) is 15.4 Å². The number of aliphatic hydroxyl groups excluding tert-OH is 1. The van der Waals surface area contributed by atoms with Crippen molar-refractivity contribution < 1.29 is 23.6 Å². The number of carbonyl (C=O) groups excluding carboxylic acids is 2. The molecule has 7 nitrogen and oxygen atoms in total. The first kappa shape index (κ1) is 19.0. The number of benzene rings is 1. The SMILES string of the molecule is CC(C)C[C@H]1C(=O)N[C@@H](CO)CN1C(=O)c1cc(-c2ccc(F)cc2)on1. The predicted octanol–water partition coefficient (Wildman–Crippen LogP) is 1.83. The van der Waals surface area contributed by atoms with E-state index in [4.69, 9.17) is 4.52 Å². The number of aliphatic hydroxyl groups is 1. The van der Waals surface area contributed by atoms with Gasteiger partial charge in [-0.05, 0) is 36.6 Å². The Balaban J connectivity index is 1.85. The van der Waals surface area contributed by atoms with Crippen LogP contribution in [0.1, 0.15) is 30.8 Å². The number of nitrogens with one attached hydrogen (secondary N) is 1. The maximum absolute atomic E-state index is 13.1. The third kappa shape index (κ3) is 4.16. The van der Waals surface area contributed by atoms with Gasteiger partial charge in [0.15, 0.2) is 11.5 Å². The summed E-state index contributed by atoms with van der Waals surface area (Å²) in [5.74, 6) is -0.566. The number of aromatic nitrogens is 1. The molecule has 1 aliphatic rings. The number of rotatable bonds is 5. The van der Waals surface area contributed by atoms with Crippen molar-refractivity contribution >= 4 is 11.8 Å². The number of piperazine rings is 1. The molecule has 1 aliphatic heterocycles. The van der Waals surface area contributed by atoms with Gasteiger partial charge in [0.2, 0.25) is 5.91 Å². The fourth-order valence-corrected chi connectivity index (χ4v) is 3.13. The topological polar surface area (TPSA) is 95.7 Å². The largest absolute Gasteiger partial charge is 0.394 e. The van der Waals surface area contributed by atoms with Crippen LogP contribution in [0.25, 0.3) is 11.3 Å². The Morgan fingerprint density at radius 1 is 1.41 bits per heavy atom. The summed E-state index contributed by atoms with van der Waals surface area (Å²) < 4.78 is 18.3. The lowest BCUT2D eigenvalue weighted by atomic mass is 9.98. The van der Waals surface area contributed by atoms with Crippen molar-refractivity contribution in [3.63, 3.8) is 0 Å². The van der Waals surface area contributed by atoms with Crippen LogP contribution in [0.5, 0.6) is 0 Å². The molecule has 1 aromatic carbocycles. The average Bonchev–Trinajstić information content (AvgIpc) is 3.13. The van der Waals surface area contributed by atoms with Gasteiger partial charge < -0.3 is 19.8 Å². The van der Waals surface area contributed by atoms with Crippen LogP contribution in [0, 0.1) is 11.7 Å². The van der Waals surface area contributed by atoms with E-state index >= 15 is 0 Å². The fraction of sp³-hybridized carbons (Fsp3) is 0.421. The van der Waals surface area contributed by atoms with Crippen LogP contribution in [0.4, 0.5) is 4.39 Å². The zero-order chi connectivity index (χ0) is 19.6. The van der Waals surface area contributed by atoms with Gasteiger partial charge in [-0.25, -0.2) is 4.39 Å². The maximum Gasteiger partial charge on any atom is 0.276 e. The molecule has 8 heteroatoms. The smallest absolute Gasteiger partial charge is 0.276 e. The van der Waals surface area contributed by atoms with Gasteiger partial charge in [-0.1, -0.05) is 19.0 Å². The predicted molar refractivity (Wildman–Crippen MR) is 95.2 cm³/mol. The molecule has 2 amide bonds. The Kier molecular flexibility index (Phi) is 5.55. The molecule has 2 N–H and O–H groups in total. The highest BCUT2D eigenvalue weighted by Gasteiger charge is 2.38. The summed E-state index contributed by atoms with van der Waals surface area (Å²) in [7, 11) is 0. The summed E-state index contributed by atoms with van der Waals surface area (Å²) >= 11 is 0. The van der Waals surface area contributed by atoms with Gasteiger partial charge in [0.1, 0.15) is 11.9 Å². The lowest BCUT2D eigenvalue weighted by molar-refractivity contribution is -0.130. The molecule has 2 heterocycles. The lowest BCUT2D eigenvalue weighted by Crippen LogP contribution is -2.62. The molecule has 0 radical (unpaired) electrons. The summed E-state index contributed by atoms with van der Waals surface area (Å²) in [6, 6.07) is 5.96. The van der Waals surface area contributed by atoms with Gasteiger partial charge in [0, 0.05) is 18.2 Å². The van der Waals surface area contributed by atoms with E-state index in [1.165, 1.54) is 35.2 Å². The van der Waals surface area contributed by atoms with Crippen LogP contribution in [-0.2, 0) is 4.79 Å². The summed E-state index contributed by atoms with van der Waals surface area (Å²) in [5.41, 5.74) is 0.653. The van der Waals surface area contributed by atoms with E-state index in [0.717, 1.165) is 0 Å². The Labute approximate surface area is 156 Å². The highest BCUT2D eigenvalue weighted by atomic mass is 19.1. The summed E-state index contributed by atoms with van der Waals surface area (Å²) in [6.07, 6.45) is 0.498. The highest BCUT2D eigenvalue weighted by Crippen LogP contribution is 2.23. The molecule has 27 heavy (non-hydrogen) atoms. The zero-order valence-electron chi connectivity index (χ0n) is 15.2. The molecule has 0 bridgehead atoms. The van der Waals surface area contributed by atoms with Crippen molar-refractivity contribution in [3.05, 3.63) is 41.8 Å². The molecule has 0 aliphatic carbocycles. The second-order valence-electron chi connectivity index (χ2n) is 7.07. The Hall–Kier alpha value is -2.74. The van der Waals surface area contributed by atoms with Crippen molar-refractivity contribution in [3.8, 4) is 11.3 Å². The Morgan fingerprint density at radius 3 is 2.74 bits per heavy atom. The number of hydrogen-bond acceptors (Lipinski definition) is 5. The number of nitrogens with zero attached hydrogens (tertiary/aromatic N) is 2. The highest BCUT2D eigenvalue weighted by molar-refractivity contribution is 5.97. The van der Waals surface area contributed by atoms with E-state index in [1.54, 1.807) is 0 Å². The monoisotopic (exact) mass is 375 g/mol. The van der Waals surface area contributed by atoms with Gasteiger partial charge in [0.05, 0.1) is 12.6 Å². The molecule has 2 atom stereocenters. The summed E-state index contributed by atoms with van der Waals surface area (Å²) in [5, 5.41) is 16.0. The zero-order valence-corrected chi connectivity index (χ0v) is 15.2. The van der Waals surface area contributed by atoms with E-state index in [9.17, 15) is 19.1 Å². The quantitative estimate of drug-likeness (QED) is 0.831. The molecule has 0 unspecified atom stereocenters. The van der Waals surface area contributed by atoms with Crippen molar-refractivity contribution in [1.29, 1.82) is 0 Å². The van der Waals surface area contributed by atoms with E-state index in [-0.39, 0.29) is 36.5 Å². The minimum atomic E-state index is -0.633. The van der Waals surface area contributed by atoms with Gasteiger partial charge in [-0.15, -0.1) is 0 Å². The van der Waals surface area contributed by atoms with Gasteiger partial charge in [-0.3, -0.25) is 9.59 Å². The molecule has 1 aromatic heterocycles. The molecule has 2 aromatic rings. The minimum absolute atomic E-state index is 0.0643. The molecule has 1 fully saturated rings. The van der Waals surface area contributed by atoms with Gasteiger partial charge >= 0.3 is 0 Å². The molecule has 3 rings (SSSR count). The summed E-state index contributed by atoms with van der Waals surface area (Å²) in [6.45, 7) is 3.87. The molecular formula is C19H22FN3O4. The number of hydrogen-bond donors (Lipinski definition) is 2. The Morgan fingerprint density at radius 2 is 2.11 bits per heavy atom. The van der Waals surface area contributed by atoms with Crippen molar-refractivity contribution in [2.24, 2.45) is 5.92 Å². The van der Waals surface area contributed by atoms with Crippen molar-refractivity contribution in [2.45, 2.75) is 32.4 Å². The number of halogens is 1. The normalized spacial score (nSPS) is 20.0. The third-order valence-corrected chi connectivity index (χ3v) is 4.48. The van der Waals surface area contributed by atoms with Gasteiger partial charge in [-0.2, -0.15) is 0 Å². The standard InChI is InChI=1S/C19H22FN3O4/c1-11(2)7-16-18(25)21-14(10-24)9-23(16)19(26)15-8-17(27-22-15)12-3-5-13(20)6-4-12/h3-6,8,11,14,16,24H,7,9-10H2,1-2H3,(H,21,25)/t14-,16+/m1/s1. The van der Waals surface area contributed by atoms with E-state index in [1.807, 2.05) is 13.8 Å². The molecule has 0 saturated carbocycles. The first-order valence-electron chi connectivity index (χ1n) is 8.84. The first-order valence-corrected chi connectivity index (χ1v) is 8.84. The minimum Gasteiger partial charge on any atom is -0.394 e. The van der Waals surface area contributed by atoms with Gasteiger partial charge in [0.25, 0.3) is 5.91 Å². The first-order chi connectivity index (χ1) is 12.9. The number of carbonyl (C=O) groups is 2. The van der Waals surface area contributed by atoms with Crippen LogP contribution in [0.15, 0.2) is 34.9 Å².